The number of anilines is 1. The Morgan fingerprint density at radius 1 is 1.05 bits per heavy atom. The summed E-state index contributed by atoms with van der Waals surface area (Å²) in [5.74, 6) is -0.0492. The van der Waals surface area contributed by atoms with Crippen molar-refractivity contribution < 1.29 is 4.79 Å². The van der Waals surface area contributed by atoms with Gasteiger partial charge in [0.15, 0.2) is 0 Å². The van der Waals surface area contributed by atoms with Crippen LogP contribution in [-0.2, 0) is 13.6 Å². The number of hydrogen-bond donors (Lipinski definition) is 1. The molecule has 8 heteroatoms. The monoisotopic (exact) mass is 523 g/mol. The van der Waals surface area contributed by atoms with Crippen molar-refractivity contribution in [2.24, 2.45) is 7.05 Å². The van der Waals surface area contributed by atoms with Gasteiger partial charge in [-0.15, -0.1) is 0 Å². The Bertz CT molecular complexity index is 1520. The third-order valence-electron chi connectivity index (χ3n) is 8.41. The van der Waals surface area contributed by atoms with Crippen LogP contribution in [0, 0.1) is 6.92 Å². The van der Waals surface area contributed by atoms with Gasteiger partial charge in [0.25, 0.3) is 5.91 Å². The maximum atomic E-state index is 13.6. The molecule has 2 aliphatic rings. The van der Waals surface area contributed by atoms with E-state index < -0.39 is 0 Å². The van der Waals surface area contributed by atoms with Gasteiger partial charge in [-0.1, -0.05) is 6.07 Å². The van der Waals surface area contributed by atoms with Crippen LogP contribution < -0.4 is 10.2 Å². The van der Waals surface area contributed by atoms with Gasteiger partial charge in [-0.25, -0.2) is 0 Å². The zero-order chi connectivity index (χ0) is 27.3. The highest BCUT2D eigenvalue weighted by Crippen LogP contribution is 2.35. The maximum Gasteiger partial charge on any atom is 0.252 e. The van der Waals surface area contributed by atoms with E-state index in [1.54, 1.807) is 4.68 Å². The Hall–Kier alpha value is -3.91. The van der Waals surface area contributed by atoms with E-state index in [9.17, 15) is 4.79 Å². The Morgan fingerprint density at radius 2 is 1.87 bits per heavy atom. The lowest BCUT2D eigenvalue weighted by Gasteiger charge is -2.34. The Balaban J connectivity index is 1.28. The Labute approximate surface area is 230 Å². The molecule has 2 aromatic carbocycles. The molecular formula is C31H37N7O. The number of piperazine rings is 1. The first-order chi connectivity index (χ1) is 18.8. The molecule has 202 valence electrons. The number of likely N-dealkylation sites (tertiary alicyclic amines) is 1. The fourth-order valence-electron chi connectivity index (χ4n) is 6.05. The fourth-order valence-corrected chi connectivity index (χ4v) is 6.05. The van der Waals surface area contributed by atoms with Crippen LogP contribution in [0.25, 0.3) is 22.4 Å². The molecule has 3 atom stereocenters. The van der Waals surface area contributed by atoms with E-state index in [0.717, 1.165) is 64.4 Å². The highest BCUT2D eigenvalue weighted by molar-refractivity contribution is 5.97. The summed E-state index contributed by atoms with van der Waals surface area (Å²) in [5.41, 5.74) is 7.91. The van der Waals surface area contributed by atoms with Crippen LogP contribution in [0.1, 0.15) is 47.8 Å². The molecule has 8 nitrogen and oxygen atoms in total. The van der Waals surface area contributed by atoms with Crippen molar-refractivity contribution in [3.05, 3.63) is 77.7 Å². The molecule has 2 aromatic heterocycles. The normalized spacial score (nSPS) is 19.6. The van der Waals surface area contributed by atoms with Crippen molar-refractivity contribution >= 4 is 11.6 Å². The van der Waals surface area contributed by atoms with E-state index in [0.29, 0.717) is 12.1 Å². The topological polar surface area (TPSA) is 71.2 Å². The summed E-state index contributed by atoms with van der Waals surface area (Å²) in [6, 6.07) is 15.7. The lowest BCUT2D eigenvalue weighted by molar-refractivity contribution is 0.0939. The molecule has 0 spiro atoms. The standard InChI is InChI=1S/C31H37N7O/c1-6-37-10-9-30(34-37)24-12-22(11-23(13-24)25-16-32-36(5)17-25)21(3)33-31(39)29-15-26(8-7-20(29)2)38-19-27-14-28(38)18-35(27)4/h7-13,15-17,21,27-28H,6,14,18-19H2,1-5H3,(H,33,39)/t21-,27+,28+/m1/s1. The number of aryl methyl sites for hydroxylation is 3. The number of aromatic nitrogens is 4. The van der Waals surface area contributed by atoms with E-state index in [-0.39, 0.29) is 11.9 Å². The molecule has 2 saturated heterocycles. The van der Waals surface area contributed by atoms with Crippen molar-refractivity contribution in [1.29, 1.82) is 0 Å². The minimum atomic E-state index is -0.194. The molecule has 6 rings (SSSR count). The molecular weight excluding hydrogens is 486 g/mol. The van der Waals surface area contributed by atoms with Crippen LogP contribution in [0.5, 0.6) is 0 Å². The van der Waals surface area contributed by atoms with Gasteiger partial charge < -0.3 is 10.2 Å². The smallest absolute Gasteiger partial charge is 0.252 e. The first-order valence-electron chi connectivity index (χ1n) is 13.8. The average Bonchev–Trinajstić information content (AvgIpc) is 3.73. The van der Waals surface area contributed by atoms with Crippen molar-refractivity contribution in [3.8, 4) is 22.4 Å². The number of rotatable bonds is 7. The van der Waals surface area contributed by atoms with Crippen molar-refractivity contribution in [3.63, 3.8) is 0 Å². The third-order valence-corrected chi connectivity index (χ3v) is 8.41. The molecule has 0 unspecified atom stereocenters. The molecule has 1 amide bonds. The predicted molar refractivity (Wildman–Crippen MR) is 155 cm³/mol. The number of fused-ring (bicyclic) bond motifs is 2. The number of benzene rings is 2. The van der Waals surface area contributed by atoms with Crippen molar-refractivity contribution in [1.82, 2.24) is 29.8 Å². The van der Waals surface area contributed by atoms with Crippen molar-refractivity contribution in [2.75, 3.05) is 25.0 Å². The zero-order valence-corrected chi connectivity index (χ0v) is 23.4. The number of nitrogens with one attached hydrogen (secondary N) is 1. The maximum absolute atomic E-state index is 13.6. The van der Waals surface area contributed by atoms with Gasteiger partial charge in [-0.05, 0) is 87.3 Å². The molecule has 0 aliphatic carbocycles. The van der Waals surface area contributed by atoms with Gasteiger partial charge in [-0.3, -0.25) is 19.1 Å². The molecule has 0 radical (unpaired) electrons. The minimum absolute atomic E-state index is 0.0492. The van der Waals surface area contributed by atoms with Crippen molar-refractivity contribution in [2.45, 2.75) is 51.9 Å². The van der Waals surface area contributed by atoms with E-state index in [4.69, 9.17) is 5.10 Å². The summed E-state index contributed by atoms with van der Waals surface area (Å²) >= 11 is 0. The molecule has 1 N–H and O–H groups in total. The van der Waals surface area contributed by atoms with Gasteiger partial charge in [0.1, 0.15) is 0 Å². The van der Waals surface area contributed by atoms with E-state index in [1.165, 1.54) is 6.42 Å². The molecule has 0 saturated carbocycles. The van der Waals surface area contributed by atoms with Crippen LogP contribution in [0.2, 0.25) is 0 Å². The van der Waals surface area contributed by atoms with Gasteiger partial charge >= 0.3 is 0 Å². The van der Waals surface area contributed by atoms with Gasteiger partial charge in [0.05, 0.1) is 17.9 Å². The quantitative estimate of drug-likeness (QED) is 0.382. The molecule has 4 heterocycles. The largest absolute Gasteiger partial charge is 0.366 e. The summed E-state index contributed by atoms with van der Waals surface area (Å²) in [6.07, 6.45) is 7.08. The number of carbonyl (C=O) groups excluding carboxylic acids is 1. The molecule has 39 heavy (non-hydrogen) atoms. The second-order valence-electron chi connectivity index (χ2n) is 11.1. The summed E-state index contributed by atoms with van der Waals surface area (Å²) in [4.78, 5) is 18.5. The zero-order valence-electron chi connectivity index (χ0n) is 23.4. The molecule has 2 fully saturated rings. The number of amides is 1. The first-order valence-corrected chi connectivity index (χ1v) is 13.8. The minimum Gasteiger partial charge on any atom is -0.366 e. The van der Waals surface area contributed by atoms with Crippen LogP contribution in [0.3, 0.4) is 0 Å². The van der Waals surface area contributed by atoms with Gasteiger partial charge in [-0.2, -0.15) is 10.2 Å². The Morgan fingerprint density at radius 3 is 2.54 bits per heavy atom. The average molecular weight is 524 g/mol. The molecule has 4 aromatic rings. The third kappa shape index (κ3) is 4.85. The molecule has 2 aliphatic heterocycles. The summed E-state index contributed by atoms with van der Waals surface area (Å²) in [6.45, 7) is 9.06. The lowest BCUT2D eigenvalue weighted by atomic mass is 9.96. The SMILES string of the molecule is CCn1ccc(-c2cc(-c3cnn(C)c3)cc([C@@H](C)NC(=O)c3cc(N4C[C@@H]5C[C@H]4CN5C)ccc3C)c2)n1. The second-order valence-corrected chi connectivity index (χ2v) is 11.1. The van der Waals surface area contributed by atoms with E-state index in [1.807, 2.05) is 50.2 Å². The van der Waals surface area contributed by atoms with Crippen LogP contribution in [0.4, 0.5) is 5.69 Å². The second kappa shape index (κ2) is 10.0. The molecule has 2 bridgehead atoms. The summed E-state index contributed by atoms with van der Waals surface area (Å²) < 4.78 is 3.73. The summed E-state index contributed by atoms with van der Waals surface area (Å²) in [5, 5.41) is 12.4. The Kier molecular flexibility index (Phi) is 6.51. The van der Waals surface area contributed by atoms with Gasteiger partial charge in [0, 0.05) is 73.5 Å². The van der Waals surface area contributed by atoms with E-state index >= 15 is 0 Å². The van der Waals surface area contributed by atoms with E-state index in [2.05, 4.69) is 70.6 Å². The number of hydrogen-bond acceptors (Lipinski definition) is 5. The number of carbonyl (C=O) groups is 1. The summed E-state index contributed by atoms with van der Waals surface area (Å²) in [7, 11) is 4.13. The fraction of sp³-hybridized carbons (Fsp3) is 0.387. The van der Waals surface area contributed by atoms with Gasteiger partial charge in [0.2, 0.25) is 0 Å². The number of nitrogens with zero attached hydrogens (tertiary/aromatic N) is 6. The lowest BCUT2D eigenvalue weighted by Crippen LogP contribution is -2.44. The van der Waals surface area contributed by atoms with Crippen LogP contribution in [0.15, 0.2) is 61.1 Å². The number of likely N-dealkylation sites (N-methyl/N-ethyl adjacent to an activating group) is 1. The van der Waals surface area contributed by atoms with Crippen LogP contribution in [-0.4, -0.2) is 62.6 Å². The highest BCUT2D eigenvalue weighted by Gasteiger charge is 2.41. The first kappa shape index (κ1) is 25.4. The highest BCUT2D eigenvalue weighted by atomic mass is 16.1. The predicted octanol–water partition coefficient (Wildman–Crippen LogP) is 4.66. The van der Waals surface area contributed by atoms with Crippen LogP contribution >= 0.6 is 0 Å².